The number of Topliss-reactive ketones (excluding diaryl/α,β-unsaturated/α-hetero) is 1. The Morgan fingerprint density at radius 1 is 1.80 bits per heavy atom. The van der Waals surface area contributed by atoms with Gasteiger partial charge in [0.2, 0.25) is 0 Å². The summed E-state index contributed by atoms with van der Waals surface area (Å²) in [4.78, 5) is 11.0. The van der Waals surface area contributed by atoms with Gasteiger partial charge in [0, 0.05) is 18.8 Å². The lowest BCUT2D eigenvalue weighted by atomic mass is 9.95. The van der Waals surface area contributed by atoms with Gasteiger partial charge < -0.3 is 0 Å². The molecule has 1 aliphatic carbocycles. The zero-order chi connectivity index (χ0) is 7.56. The minimum atomic E-state index is 0.219. The molecule has 1 fully saturated rings. The summed E-state index contributed by atoms with van der Waals surface area (Å²) in [5, 5.41) is 0. The Labute approximate surface area is 61.8 Å². The molecule has 2 atom stereocenters. The first-order valence-corrected chi connectivity index (χ1v) is 3.72. The average Bonchev–Trinajstić information content (AvgIpc) is 2.20. The molecule has 1 saturated carbocycles. The summed E-state index contributed by atoms with van der Waals surface area (Å²) in [7, 11) is 0. The number of carbonyl (C=O) groups excluding carboxylic acids is 1. The van der Waals surface area contributed by atoms with Crippen molar-refractivity contribution in [2.45, 2.75) is 26.2 Å². The van der Waals surface area contributed by atoms with Crippen molar-refractivity contribution < 1.29 is 4.79 Å². The van der Waals surface area contributed by atoms with E-state index in [2.05, 4.69) is 5.92 Å². The quantitative estimate of drug-likeness (QED) is 0.501. The maximum absolute atomic E-state index is 11.0. The van der Waals surface area contributed by atoms with Gasteiger partial charge in [0.25, 0.3) is 0 Å². The van der Waals surface area contributed by atoms with Crippen molar-refractivity contribution in [1.82, 2.24) is 0 Å². The summed E-state index contributed by atoms with van der Waals surface area (Å²) in [5.41, 5.74) is 0. The third-order valence-corrected chi connectivity index (χ3v) is 2.36. The van der Waals surface area contributed by atoms with Crippen LogP contribution in [0.5, 0.6) is 0 Å². The lowest BCUT2D eigenvalue weighted by Gasteiger charge is -2.08. The first-order chi connectivity index (χ1) is 4.75. The van der Waals surface area contributed by atoms with Gasteiger partial charge in [0.15, 0.2) is 0 Å². The normalized spacial score (nSPS) is 32.2. The molecular weight excluding hydrogens is 124 g/mol. The smallest absolute Gasteiger partial charge is 0.136 e. The highest BCUT2D eigenvalue weighted by Crippen LogP contribution is 2.30. The van der Waals surface area contributed by atoms with Crippen molar-refractivity contribution in [3.8, 4) is 12.3 Å². The fourth-order valence-corrected chi connectivity index (χ4v) is 1.50. The molecule has 1 nitrogen and oxygen atoms in total. The van der Waals surface area contributed by atoms with Crippen molar-refractivity contribution in [3.63, 3.8) is 0 Å². The average molecular weight is 136 g/mol. The maximum Gasteiger partial charge on any atom is 0.136 e. The highest BCUT2D eigenvalue weighted by molar-refractivity contribution is 5.83. The number of hydrogen-bond donors (Lipinski definition) is 0. The summed E-state index contributed by atoms with van der Waals surface area (Å²) in [6.45, 7) is 1.98. The molecule has 1 heteroatoms. The van der Waals surface area contributed by atoms with E-state index in [9.17, 15) is 4.79 Å². The van der Waals surface area contributed by atoms with Gasteiger partial charge in [-0.15, -0.1) is 12.3 Å². The molecule has 0 radical (unpaired) electrons. The fraction of sp³-hybridized carbons (Fsp3) is 0.667. The fourth-order valence-electron chi connectivity index (χ4n) is 1.50. The van der Waals surface area contributed by atoms with Crippen LogP contribution in [0, 0.1) is 24.2 Å². The molecule has 0 aliphatic heterocycles. The number of ketones is 1. The van der Waals surface area contributed by atoms with E-state index in [1.165, 1.54) is 0 Å². The molecule has 0 aromatic carbocycles. The number of carbonyl (C=O) groups is 1. The molecule has 10 heavy (non-hydrogen) atoms. The van der Waals surface area contributed by atoms with Crippen LogP contribution in [-0.4, -0.2) is 5.78 Å². The van der Waals surface area contributed by atoms with Crippen molar-refractivity contribution in [3.05, 3.63) is 0 Å². The molecule has 0 aromatic rings. The van der Waals surface area contributed by atoms with Gasteiger partial charge in [-0.25, -0.2) is 0 Å². The van der Waals surface area contributed by atoms with E-state index in [0.717, 1.165) is 19.3 Å². The zero-order valence-electron chi connectivity index (χ0n) is 6.26. The number of terminal acetylenes is 1. The van der Waals surface area contributed by atoms with E-state index in [1.807, 2.05) is 6.92 Å². The molecule has 0 heterocycles. The Balaban J connectivity index is 2.50. The second kappa shape index (κ2) is 2.88. The van der Waals surface area contributed by atoms with Crippen LogP contribution in [0.25, 0.3) is 0 Å². The van der Waals surface area contributed by atoms with Gasteiger partial charge in [-0.2, -0.15) is 0 Å². The van der Waals surface area contributed by atoms with Gasteiger partial charge in [-0.1, -0.05) is 6.92 Å². The van der Waals surface area contributed by atoms with Crippen molar-refractivity contribution >= 4 is 5.78 Å². The van der Waals surface area contributed by atoms with Crippen LogP contribution in [0.3, 0.4) is 0 Å². The molecule has 1 rings (SSSR count). The van der Waals surface area contributed by atoms with Crippen LogP contribution in [0.4, 0.5) is 0 Å². The molecule has 2 unspecified atom stereocenters. The molecule has 0 N–H and O–H groups in total. The zero-order valence-corrected chi connectivity index (χ0v) is 6.26. The van der Waals surface area contributed by atoms with Crippen LogP contribution < -0.4 is 0 Å². The number of hydrogen-bond acceptors (Lipinski definition) is 1. The summed E-state index contributed by atoms with van der Waals surface area (Å²) in [6, 6.07) is 0. The molecule has 1 aliphatic rings. The topological polar surface area (TPSA) is 17.1 Å². The van der Waals surface area contributed by atoms with Gasteiger partial charge in [-0.05, 0) is 12.3 Å². The molecular formula is C9H12O. The van der Waals surface area contributed by atoms with Crippen LogP contribution in [0.2, 0.25) is 0 Å². The number of rotatable bonds is 1. The van der Waals surface area contributed by atoms with E-state index in [0.29, 0.717) is 11.7 Å². The summed E-state index contributed by atoms with van der Waals surface area (Å²) < 4.78 is 0. The second-order valence-electron chi connectivity index (χ2n) is 2.96. The largest absolute Gasteiger partial charge is 0.299 e. The summed E-state index contributed by atoms with van der Waals surface area (Å²) >= 11 is 0. The molecule has 0 bridgehead atoms. The molecule has 54 valence electrons. The first kappa shape index (κ1) is 7.34. The SMILES string of the molecule is C#CCC1CCC(=O)C1C. The minimum Gasteiger partial charge on any atom is -0.299 e. The second-order valence-corrected chi connectivity index (χ2v) is 2.96. The molecule has 0 spiro atoms. The van der Waals surface area contributed by atoms with Gasteiger partial charge >= 0.3 is 0 Å². The maximum atomic E-state index is 11.0. The van der Waals surface area contributed by atoms with Crippen molar-refractivity contribution in [2.24, 2.45) is 11.8 Å². The first-order valence-electron chi connectivity index (χ1n) is 3.72. The molecule has 0 saturated heterocycles. The van der Waals surface area contributed by atoms with Crippen LogP contribution in [0.1, 0.15) is 26.2 Å². The Kier molecular flexibility index (Phi) is 2.11. The Bertz CT molecular complexity index is 176. The standard InChI is InChI=1S/C9H12O/c1-3-4-8-5-6-9(10)7(8)2/h1,7-8H,4-6H2,2H3. The highest BCUT2D eigenvalue weighted by atomic mass is 16.1. The van der Waals surface area contributed by atoms with Crippen molar-refractivity contribution in [2.75, 3.05) is 0 Å². The van der Waals surface area contributed by atoms with E-state index in [-0.39, 0.29) is 5.92 Å². The minimum absolute atomic E-state index is 0.219. The van der Waals surface area contributed by atoms with E-state index in [1.54, 1.807) is 0 Å². The Morgan fingerprint density at radius 2 is 2.50 bits per heavy atom. The summed E-state index contributed by atoms with van der Waals surface area (Å²) in [6.07, 6.45) is 7.67. The lowest BCUT2D eigenvalue weighted by Crippen LogP contribution is -2.09. The van der Waals surface area contributed by atoms with Crippen LogP contribution in [-0.2, 0) is 4.79 Å². The van der Waals surface area contributed by atoms with E-state index >= 15 is 0 Å². The van der Waals surface area contributed by atoms with Crippen LogP contribution in [0.15, 0.2) is 0 Å². The Hall–Kier alpha value is -0.770. The Morgan fingerprint density at radius 3 is 2.90 bits per heavy atom. The van der Waals surface area contributed by atoms with Crippen LogP contribution >= 0.6 is 0 Å². The molecule has 0 amide bonds. The highest BCUT2D eigenvalue weighted by Gasteiger charge is 2.29. The van der Waals surface area contributed by atoms with Gasteiger partial charge in [0.1, 0.15) is 5.78 Å². The van der Waals surface area contributed by atoms with E-state index in [4.69, 9.17) is 6.42 Å². The monoisotopic (exact) mass is 136 g/mol. The molecule has 0 aromatic heterocycles. The predicted molar refractivity (Wildman–Crippen MR) is 40.3 cm³/mol. The van der Waals surface area contributed by atoms with E-state index < -0.39 is 0 Å². The van der Waals surface area contributed by atoms with Gasteiger partial charge in [-0.3, -0.25) is 4.79 Å². The van der Waals surface area contributed by atoms with Crippen molar-refractivity contribution in [1.29, 1.82) is 0 Å². The third kappa shape index (κ3) is 1.21. The summed E-state index contributed by atoms with van der Waals surface area (Å²) in [5.74, 6) is 3.69. The third-order valence-electron chi connectivity index (χ3n) is 2.36. The predicted octanol–water partition coefficient (Wildman–Crippen LogP) is 1.62. The van der Waals surface area contributed by atoms with Gasteiger partial charge in [0.05, 0.1) is 0 Å². The lowest BCUT2D eigenvalue weighted by molar-refractivity contribution is -0.120.